The summed E-state index contributed by atoms with van der Waals surface area (Å²) in [6, 6.07) is 3.96. The van der Waals surface area contributed by atoms with Gasteiger partial charge in [0.05, 0.1) is 10.9 Å². The first kappa shape index (κ1) is 16.9. The highest BCUT2D eigenvalue weighted by Crippen LogP contribution is 2.18. The molecule has 0 radical (unpaired) electrons. The van der Waals surface area contributed by atoms with E-state index in [2.05, 4.69) is 4.72 Å². The minimum absolute atomic E-state index is 0.113. The Morgan fingerprint density at radius 3 is 2.77 bits per heavy atom. The van der Waals surface area contributed by atoms with Crippen LogP contribution in [0.2, 0.25) is 0 Å². The van der Waals surface area contributed by atoms with Crippen LogP contribution in [-0.4, -0.2) is 37.9 Å². The van der Waals surface area contributed by atoms with Crippen molar-refractivity contribution in [3.8, 4) is 0 Å². The van der Waals surface area contributed by atoms with Crippen molar-refractivity contribution in [1.82, 2.24) is 9.62 Å². The first-order chi connectivity index (χ1) is 10.3. The molecule has 0 unspecified atom stereocenters. The van der Waals surface area contributed by atoms with Gasteiger partial charge in [0.15, 0.2) is 0 Å². The topological polar surface area (TPSA) is 66.5 Å². The second kappa shape index (κ2) is 6.75. The maximum absolute atomic E-state index is 13.2. The highest BCUT2D eigenvalue weighted by atomic mass is 32.2. The summed E-state index contributed by atoms with van der Waals surface area (Å²) in [6.45, 7) is 4.12. The summed E-state index contributed by atoms with van der Waals surface area (Å²) in [7, 11) is -3.92. The molecule has 2 rings (SSSR count). The van der Waals surface area contributed by atoms with Gasteiger partial charge >= 0.3 is 0 Å². The summed E-state index contributed by atoms with van der Waals surface area (Å²) in [5, 5.41) is 0. The van der Waals surface area contributed by atoms with Crippen LogP contribution in [0.15, 0.2) is 29.2 Å². The average molecular weight is 328 g/mol. The maximum atomic E-state index is 13.2. The van der Waals surface area contributed by atoms with Gasteiger partial charge in [-0.15, -0.1) is 0 Å². The Balaban J connectivity index is 2.10. The van der Waals surface area contributed by atoms with Gasteiger partial charge in [-0.05, 0) is 51.3 Å². The molecule has 1 saturated heterocycles. The molecule has 0 saturated carbocycles. The lowest BCUT2D eigenvalue weighted by atomic mass is 10.0. The Hall–Kier alpha value is -1.47. The molecule has 1 amide bonds. The lowest BCUT2D eigenvalue weighted by Crippen LogP contribution is -2.51. The van der Waals surface area contributed by atoms with Gasteiger partial charge in [-0.2, -0.15) is 4.72 Å². The van der Waals surface area contributed by atoms with Crippen molar-refractivity contribution >= 4 is 15.9 Å². The number of nitrogens with zero attached hydrogens (tertiary/aromatic N) is 1. The molecular weight excluding hydrogens is 307 g/mol. The van der Waals surface area contributed by atoms with Gasteiger partial charge in [0.25, 0.3) is 0 Å². The van der Waals surface area contributed by atoms with Crippen molar-refractivity contribution in [2.45, 2.75) is 50.1 Å². The van der Waals surface area contributed by atoms with Crippen LogP contribution in [0, 0.1) is 5.82 Å². The smallest absolute Gasteiger partial charge is 0.241 e. The zero-order chi connectivity index (χ0) is 16.3. The Morgan fingerprint density at radius 2 is 2.14 bits per heavy atom. The van der Waals surface area contributed by atoms with E-state index in [1.807, 2.05) is 6.92 Å². The van der Waals surface area contributed by atoms with Crippen LogP contribution in [0.5, 0.6) is 0 Å². The Morgan fingerprint density at radius 1 is 1.41 bits per heavy atom. The number of rotatable bonds is 4. The lowest BCUT2D eigenvalue weighted by Gasteiger charge is -2.35. The molecule has 0 aliphatic carbocycles. The highest BCUT2D eigenvalue weighted by Gasteiger charge is 2.29. The van der Waals surface area contributed by atoms with Crippen LogP contribution in [0.3, 0.4) is 0 Å². The molecular formula is C15H21FN2O3S. The summed E-state index contributed by atoms with van der Waals surface area (Å²) in [5.74, 6) is -0.876. The van der Waals surface area contributed by atoms with Crippen molar-refractivity contribution in [3.63, 3.8) is 0 Å². The largest absolute Gasteiger partial charge is 0.339 e. The van der Waals surface area contributed by atoms with Crippen LogP contribution >= 0.6 is 0 Å². The third-order valence-corrected chi connectivity index (χ3v) is 5.43. The number of carbonyl (C=O) groups is 1. The van der Waals surface area contributed by atoms with Gasteiger partial charge in [0.1, 0.15) is 5.82 Å². The van der Waals surface area contributed by atoms with Crippen molar-refractivity contribution in [2.24, 2.45) is 0 Å². The predicted molar refractivity (Wildman–Crippen MR) is 81.2 cm³/mol. The standard InChI is InChI=1S/C15H21FN2O3S/c1-11-6-3-4-9-18(11)15(19)12(2)17-22(20,21)14-8-5-7-13(16)10-14/h5,7-8,10-12,17H,3-4,6,9H2,1-2H3/t11-,12-/m0/s1. The van der Waals surface area contributed by atoms with Crippen LogP contribution in [0.4, 0.5) is 4.39 Å². The molecule has 2 atom stereocenters. The molecule has 0 aromatic heterocycles. The van der Waals surface area contributed by atoms with Gasteiger partial charge in [0.2, 0.25) is 15.9 Å². The second-order valence-corrected chi connectivity index (χ2v) is 7.39. The van der Waals surface area contributed by atoms with Gasteiger partial charge in [-0.25, -0.2) is 12.8 Å². The number of carbonyl (C=O) groups excluding carboxylic acids is 1. The van der Waals surface area contributed by atoms with E-state index in [9.17, 15) is 17.6 Å². The van der Waals surface area contributed by atoms with E-state index in [1.54, 1.807) is 4.90 Å². The van der Waals surface area contributed by atoms with E-state index < -0.39 is 21.9 Å². The van der Waals surface area contributed by atoms with Crippen molar-refractivity contribution < 1.29 is 17.6 Å². The first-order valence-corrected chi connectivity index (χ1v) is 8.88. The normalized spacial score (nSPS) is 20.7. The third-order valence-electron chi connectivity index (χ3n) is 3.89. The van der Waals surface area contributed by atoms with Crippen LogP contribution in [0.25, 0.3) is 0 Å². The zero-order valence-electron chi connectivity index (χ0n) is 12.8. The molecule has 0 spiro atoms. The van der Waals surface area contributed by atoms with Gasteiger partial charge in [0, 0.05) is 12.6 Å². The summed E-state index contributed by atoms with van der Waals surface area (Å²) < 4.78 is 39.9. The van der Waals surface area contributed by atoms with E-state index >= 15 is 0 Å². The number of likely N-dealkylation sites (tertiary alicyclic amines) is 1. The van der Waals surface area contributed by atoms with Gasteiger partial charge in [-0.1, -0.05) is 6.07 Å². The highest BCUT2D eigenvalue weighted by molar-refractivity contribution is 7.89. The fourth-order valence-electron chi connectivity index (χ4n) is 2.66. The number of amides is 1. The monoisotopic (exact) mass is 328 g/mol. The SMILES string of the molecule is C[C@H](NS(=O)(=O)c1cccc(F)c1)C(=O)N1CCCC[C@@H]1C. The molecule has 22 heavy (non-hydrogen) atoms. The molecule has 1 aromatic carbocycles. The van der Waals surface area contributed by atoms with Crippen LogP contribution < -0.4 is 4.72 Å². The van der Waals surface area contributed by atoms with E-state index in [4.69, 9.17) is 0 Å². The Bertz CT molecular complexity index is 648. The number of halogens is 1. The lowest BCUT2D eigenvalue weighted by molar-refractivity contribution is -0.135. The van der Waals surface area contributed by atoms with E-state index in [-0.39, 0.29) is 16.8 Å². The van der Waals surface area contributed by atoms with Gasteiger partial charge < -0.3 is 4.90 Å². The fraction of sp³-hybridized carbons (Fsp3) is 0.533. The van der Waals surface area contributed by atoms with Crippen molar-refractivity contribution in [2.75, 3.05) is 6.54 Å². The third kappa shape index (κ3) is 3.84. The summed E-state index contributed by atoms with van der Waals surface area (Å²) in [4.78, 5) is 13.9. The summed E-state index contributed by atoms with van der Waals surface area (Å²) in [6.07, 6.45) is 2.93. The van der Waals surface area contributed by atoms with Crippen LogP contribution in [0.1, 0.15) is 33.1 Å². The summed E-state index contributed by atoms with van der Waals surface area (Å²) in [5.41, 5.74) is 0. The molecule has 1 aromatic rings. The number of sulfonamides is 1. The molecule has 122 valence electrons. The van der Waals surface area contributed by atoms with E-state index in [0.717, 1.165) is 25.3 Å². The molecule has 5 nitrogen and oxygen atoms in total. The number of piperidine rings is 1. The van der Waals surface area contributed by atoms with Gasteiger partial charge in [-0.3, -0.25) is 4.79 Å². The average Bonchev–Trinajstić information content (AvgIpc) is 2.46. The number of hydrogen-bond donors (Lipinski definition) is 1. The Kier molecular flexibility index (Phi) is 5.18. The molecule has 0 bridgehead atoms. The number of hydrogen-bond acceptors (Lipinski definition) is 3. The maximum Gasteiger partial charge on any atom is 0.241 e. The van der Waals surface area contributed by atoms with Crippen molar-refractivity contribution in [3.05, 3.63) is 30.1 Å². The quantitative estimate of drug-likeness (QED) is 0.918. The number of nitrogens with one attached hydrogen (secondary N) is 1. The Labute approximate surface area is 130 Å². The number of benzene rings is 1. The molecule has 1 N–H and O–H groups in total. The molecule has 7 heteroatoms. The van der Waals surface area contributed by atoms with E-state index in [0.29, 0.717) is 6.54 Å². The summed E-state index contributed by atoms with van der Waals surface area (Å²) >= 11 is 0. The molecule has 1 fully saturated rings. The van der Waals surface area contributed by atoms with Crippen molar-refractivity contribution in [1.29, 1.82) is 0 Å². The first-order valence-electron chi connectivity index (χ1n) is 7.39. The molecule has 1 aliphatic rings. The second-order valence-electron chi connectivity index (χ2n) is 5.68. The molecule has 1 aliphatic heterocycles. The van der Waals surface area contributed by atoms with Crippen LogP contribution in [-0.2, 0) is 14.8 Å². The zero-order valence-corrected chi connectivity index (χ0v) is 13.6. The minimum Gasteiger partial charge on any atom is -0.339 e. The molecule has 1 heterocycles. The van der Waals surface area contributed by atoms with E-state index in [1.165, 1.54) is 25.1 Å². The fourth-order valence-corrected chi connectivity index (χ4v) is 3.89. The predicted octanol–water partition coefficient (Wildman–Crippen LogP) is 1.89. The minimum atomic E-state index is -3.92.